The van der Waals surface area contributed by atoms with Gasteiger partial charge < -0.3 is 14.8 Å². The number of hydrogen-bond acceptors (Lipinski definition) is 5. The number of methoxy groups -OCH3 is 2. The van der Waals surface area contributed by atoms with Gasteiger partial charge >= 0.3 is 0 Å². The van der Waals surface area contributed by atoms with E-state index >= 15 is 0 Å². The van der Waals surface area contributed by atoms with Crippen LogP contribution in [0.15, 0.2) is 47.6 Å². The van der Waals surface area contributed by atoms with Gasteiger partial charge in [-0.3, -0.25) is 9.59 Å². The Kier molecular flexibility index (Phi) is 7.63. The van der Waals surface area contributed by atoms with E-state index in [0.29, 0.717) is 27.8 Å². The normalized spacial score (nSPS) is 10.5. The Balaban J connectivity index is 1.83. The molecule has 0 fully saturated rings. The standard InChI is InChI=1S/C19H20ClN3O4/c1-26-16-9-5-6-13(19(16)27-2)12-21-23-18(25)11-10-17(24)22-15-8-4-3-7-14(15)20/h3-9,12H,10-11H2,1-2H3,(H,22,24)(H,23,25). The maximum Gasteiger partial charge on any atom is 0.240 e. The Morgan fingerprint density at radius 2 is 1.78 bits per heavy atom. The van der Waals surface area contributed by atoms with Gasteiger partial charge in [0, 0.05) is 18.4 Å². The molecule has 27 heavy (non-hydrogen) atoms. The zero-order valence-electron chi connectivity index (χ0n) is 15.0. The predicted octanol–water partition coefficient (Wildman–Crippen LogP) is 3.23. The molecule has 2 aromatic rings. The van der Waals surface area contributed by atoms with Crippen LogP contribution in [-0.4, -0.2) is 32.2 Å². The van der Waals surface area contributed by atoms with Gasteiger partial charge in [-0.15, -0.1) is 0 Å². The number of carbonyl (C=O) groups excluding carboxylic acids is 2. The van der Waals surface area contributed by atoms with E-state index in [1.54, 1.807) is 42.5 Å². The molecule has 2 N–H and O–H groups in total. The molecule has 7 nitrogen and oxygen atoms in total. The molecule has 0 heterocycles. The molecule has 0 bridgehead atoms. The molecule has 0 saturated heterocycles. The molecule has 0 aliphatic rings. The molecule has 0 aliphatic carbocycles. The molecular formula is C19H20ClN3O4. The van der Waals surface area contributed by atoms with E-state index in [1.165, 1.54) is 20.4 Å². The van der Waals surface area contributed by atoms with Gasteiger partial charge in [0.05, 0.1) is 31.1 Å². The van der Waals surface area contributed by atoms with Gasteiger partial charge in [-0.1, -0.05) is 29.8 Å². The zero-order chi connectivity index (χ0) is 19.6. The fourth-order valence-electron chi connectivity index (χ4n) is 2.25. The van der Waals surface area contributed by atoms with Crippen LogP contribution >= 0.6 is 11.6 Å². The summed E-state index contributed by atoms with van der Waals surface area (Å²) in [5, 5.41) is 6.98. The lowest BCUT2D eigenvalue weighted by Gasteiger charge is -2.09. The number of hydrogen-bond donors (Lipinski definition) is 2. The third-order valence-electron chi connectivity index (χ3n) is 3.55. The van der Waals surface area contributed by atoms with E-state index in [1.807, 2.05) is 0 Å². The maximum atomic E-state index is 11.9. The number of carbonyl (C=O) groups is 2. The summed E-state index contributed by atoms with van der Waals surface area (Å²) in [5.74, 6) is 0.375. The summed E-state index contributed by atoms with van der Waals surface area (Å²) < 4.78 is 10.5. The van der Waals surface area contributed by atoms with Crippen LogP contribution in [0.1, 0.15) is 18.4 Å². The number of nitrogens with one attached hydrogen (secondary N) is 2. The second kappa shape index (κ2) is 10.2. The number of rotatable bonds is 8. The highest BCUT2D eigenvalue weighted by molar-refractivity contribution is 6.33. The molecule has 0 aliphatic heterocycles. The molecule has 0 aromatic heterocycles. The van der Waals surface area contributed by atoms with E-state index in [-0.39, 0.29) is 24.7 Å². The second-order valence-corrected chi connectivity index (χ2v) is 5.81. The number of para-hydroxylation sites is 2. The fraction of sp³-hybridized carbons (Fsp3) is 0.211. The van der Waals surface area contributed by atoms with Crippen molar-refractivity contribution >= 4 is 35.3 Å². The lowest BCUT2D eigenvalue weighted by Crippen LogP contribution is -2.20. The lowest BCUT2D eigenvalue weighted by atomic mass is 10.2. The summed E-state index contributed by atoms with van der Waals surface area (Å²) in [6.45, 7) is 0. The molecular weight excluding hydrogens is 370 g/mol. The van der Waals surface area contributed by atoms with Crippen molar-refractivity contribution in [3.05, 3.63) is 53.1 Å². The lowest BCUT2D eigenvalue weighted by molar-refractivity contribution is -0.124. The molecule has 0 radical (unpaired) electrons. The van der Waals surface area contributed by atoms with E-state index in [2.05, 4.69) is 15.8 Å². The first-order chi connectivity index (χ1) is 13.0. The van der Waals surface area contributed by atoms with Crippen molar-refractivity contribution in [2.45, 2.75) is 12.8 Å². The van der Waals surface area contributed by atoms with E-state index in [0.717, 1.165) is 0 Å². The Labute approximate surface area is 162 Å². The number of benzene rings is 2. The van der Waals surface area contributed by atoms with Gasteiger partial charge in [0.15, 0.2) is 11.5 Å². The Hall–Kier alpha value is -3.06. The Bertz CT molecular complexity index is 839. The minimum absolute atomic E-state index is 0.00899. The summed E-state index contributed by atoms with van der Waals surface area (Å²) in [7, 11) is 3.06. The second-order valence-electron chi connectivity index (χ2n) is 5.40. The van der Waals surface area contributed by atoms with Crippen molar-refractivity contribution in [3.63, 3.8) is 0 Å². The van der Waals surface area contributed by atoms with Gasteiger partial charge in [0.1, 0.15) is 0 Å². The fourth-order valence-corrected chi connectivity index (χ4v) is 2.43. The Morgan fingerprint density at radius 3 is 2.48 bits per heavy atom. The van der Waals surface area contributed by atoms with Crippen LogP contribution in [0.4, 0.5) is 5.69 Å². The highest BCUT2D eigenvalue weighted by Crippen LogP contribution is 2.29. The van der Waals surface area contributed by atoms with Crippen molar-refractivity contribution in [2.75, 3.05) is 19.5 Å². The van der Waals surface area contributed by atoms with Crippen LogP contribution in [0, 0.1) is 0 Å². The van der Waals surface area contributed by atoms with Crippen molar-refractivity contribution in [1.29, 1.82) is 0 Å². The van der Waals surface area contributed by atoms with E-state index in [4.69, 9.17) is 21.1 Å². The number of amides is 2. The van der Waals surface area contributed by atoms with Gasteiger partial charge in [-0.25, -0.2) is 5.43 Å². The van der Waals surface area contributed by atoms with Crippen LogP contribution < -0.4 is 20.2 Å². The van der Waals surface area contributed by atoms with Crippen molar-refractivity contribution in [2.24, 2.45) is 5.10 Å². The van der Waals surface area contributed by atoms with Crippen molar-refractivity contribution in [3.8, 4) is 11.5 Å². The van der Waals surface area contributed by atoms with Gasteiger partial charge in [-0.2, -0.15) is 5.10 Å². The topological polar surface area (TPSA) is 89.0 Å². The minimum atomic E-state index is -0.387. The van der Waals surface area contributed by atoms with E-state index in [9.17, 15) is 9.59 Å². The highest BCUT2D eigenvalue weighted by atomic mass is 35.5. The molecule has 0 saturated carbocycles. The van der Waals surface area contributed by atoms with Crippen LogP contribution in [0.25, 0.3) is 0 Å². The largest absolute Gasteiger partial charge is 0.493 e. The average Bonchev–Trinajstić information content (AvgIpc) is 2.68. The summed E-state index contributed by atoms with van der Waals surface area (Å²) in [4.78, 5) is 23.7. The van der Waals surface area contributed by atoms with Crippen molar-refractivity contribution in [1.82, 2.24) is 5.43 Å². The zero-order valence-corrected chi connectivity index (χ0v) is 15.7. The predicted molar refractivity (Wildman–Crippen MR) is 105 cm³/mol. The number of halogens is 1. The molecule has 2 aromatic carbocycles. The van der Waals surface area contributed by atoms with Crippen molar-refractivity contribution < 1.29 is 19.1 Å². The first-order valence-corrected chi connectivity index (χ1v) is 8.50. The van der Waals surface area contributed by atoms with Gasteiger partial charge in [-0.05, 0) is 24.3 Å². The average molecular weight is 390 g/mol. The third-order valence-corrected chi connectivity index (χ3v) is 3.88. The first-order valence-electron chi connectivity index (χ1n) is 8.12. The maximum absolute atomic E-state index is 11.9. The highest BCUT2D eigenvalue weighted by Gasteiger charge is 2.09. The smallest absolute Gasteiger partial charge is 0.240 e. The molecule has 2 amide bonds. The van der Waals surface area contributed by atoms with Crippen LogP contribution in [0.2, 0.25) is 5.02 Å². The summed E-state index contributed by atoms with van der Waals surface area (Å²) in [6.07, 6.45) is 1.45. The quantitative estimate of drug-likeness (QED) is 0.536. The van der Waals surface area contributed by atoms with Gasteiger partial charge in [0.25, 0.3) is 0 Å². The number of ether oxygens (including phenoxy) is 2. The molecule has 0 unspecified atom stereocenters. The number of nitrogens with zero attached hydrogens (tertiary/aromatic N) is 1. The Morgan fingerprint density at radius 1 is 1.04 bits per heavy atom. The monoisotopic (exact) mass is 389 g/mol. The third kappa shape index (κ3) is 6.00. The molecule has 142 valence electrons. The molecule has 0 spiro atoms. The molecule has 8 heteroatoms. The summed E-state index contributed by atoms with van der Waals surface area (Å²) >= 11 is 5.97. The van der Waals surface area contributed by atoms with Crippen LogP contribution in [0.3, 0.4) is 0 Å². The van der Waals surface area contributed by atoms with Gasteiger partial charge in [0.2, 0.25) is 11.8 Å². The molecule has 2 rings (SSSR count). The first kappa shape index (κ1) is 20.3. The van der Waals surface area contributed by atoms with Crippen LogP contribution in [0.5, 0.6) is 11.5 Å². The molecule has 0 atom stereocenters. The number of anilines is 1. The minimum Gasteiger partial charge on any atom is -0.493 e. The SMILES string of the molecule is COc1cccc(C=NNC(=O)CCC(=O)Nc2ccccc2Cl)c1OC. The summed E-state index contributed by atoms with van der Waals surface area (Å²) in [6, 6.07) is 12.2. The number of hydrazone groups is 1. The van der Waals surface area contributed by atoms with E-state index < -0.39 is 0 Å². The summed E-state index contributed by atoms with van der Waals surface area (Å²) in [5.41, 5.74) is 3.53. The van der Waals surface area contributed by atoms with Crippen LogP contribution in [-0.2, 0) is 9.59 Å².